The first-order chi connectivity index (χ1) is 19.2. The second-order valence-electron chi connectivity index (χ2n) is 9.76. The van der Waals surface area contributed by atoms with E-state index in [0.717, 1.165) is 42.8 Å². The number of primary amides is 1. The van der Waals surface area contributed by atoms with Crippen LogP contribution >= 0.6 is 0 Å². The van der Waals surface area contributed by atoms with E-state index in [1.165, 1.54) is 23.0 Å². The van der Waals surface area contributed by atoms with Gasteiger partial charge in [0.15, 0.2) is 0 Å². The molecular weight excluding hydrogens is 523 g/mol. The number of H-pyrrole nitrogens is 1. The molecule has 0 fully saturated rings. The number of aromatic nitrogens is 3. The van der Waals surface area contributed by atoms with Crippen molar-refractivity contribution in [2.24, 2.45) is 5.73 Å². The van der Waals surface area contributed by atoms with Crippen molar-refractivity contribution in [3.63, 3.8) is 0 Å². The number of nitrogens with zero attached hydrogens (tertiary/aromatic N) is 2. The molecule has 0 saturated heterocycles. The molecule has 1 aliphatic rings. The maximum Gasteiger partial charge on any atom is 0.267 e. The highest BCUT2D eigenvalue weighted by atomic mass is 19.1. The molecule has 2 amide bonds. The monoisotopic (exact) mass is 549 g/mol. The average molecular weight is 550 g/mol. The van der Waals surface area contributed by atoms with E-state index >= 15 is 0 Å². The molecule has 0 spiro atoms. The second kappa shape index (κ2) is 11.2. The van der Waals surface area contributed by atoms with E-state index in [-0.39, 0.29) is 29.7 Å². The van der Waals surface area contributed by atoms with Crippen LogP contribution in [0.25, 0.3) is 11.1 Å². The summed E-state index contributed by atoms with van der Waals surface area (Å²) in [4.78, 5) is 41.9. The number of nitrogens with one attached hydrogen (secondary N) is 2. The summed E-state index contributed by atoms with van der Waals surface area (Å²) in [5.41, 5.74) is 7.72. The third-order valence-corrected chi connectivity index (χ3v) is 6.99. The van der Waals surface area contributed by atoms with Crippen molar-refractivity contribution in [3.8, 4) is 11.1 Å². The van der Waals surface area contributed by atoms with Crippen LogP contribution in [-0.2, 0) is 30.6 Å². The van der Waals surface area contributed by atoms with E-state index in [2.05, 4.69) is 15.4 Å². The first-order valence-corrected chi connectivity index (χ1v) is 12.8. The highest BCUT2D eigenvalue weighted by Gasteiger charge is 2.24. The number of rotatable bonds is 8. The van der Waals surface area contributed by atoms with Crippen LogP contribution in [0, 0.1) is 17.5 Å². The Kier molecular flexibility index (Phi) is 7.54. The topological polar surface area (TPSA) is 123 Å². The van der Waals surface area contributed by atoms with Gasteiger partial charge in [-0.05, 0) is 73.6 Å². The van der Waals surface area contributed by atoms with Gasteiger partial charge < -0.3 is 11.1 Å². The standard InChI is InChI=1S/C29H26F3N5O3/c30-18-10-16(11-19(31)14-18)12-24(35-26(38)15-37-25-6-2-1-4-21(25)29(40)36-37)27-20(5-3-9-34-27)17-7-8-23(32)22(13-17)28(33)39/h3,5,7-11,13-14,24H,1-2,4,6,12,15H2,(H2,33,39)(H,35,38)(H,36,40)/t24-/m0/s1. The van der Waals surface area contributed by atoms with E-state index in [4.69, 9.17) is 5.73 Å². The van der Waals surface area contributed by atoms with Crippen molar-refractivity contribution in [3.05, 3.63) is 111 Å². The van der Waals surface area contributed by atoms with Gasteiger partial charge in [-0.25, -0.2) is 13.2 Å². The Morgan fingerprint density at radius 2 is 1.80 bits per heavy atom. The number of fused-ring (bicyclic) bond motifs is 1. The van der Waals surface area contributed by atoms with Gasteiger partial charge >= 0.3 is 0 Å². The van der Waals surface area contributed by atoms with Crippen molar-refractivity contribution in [1.82, 2.24) is 20.1 Å². The number of amides is 2. The summed E-state index contributed by atoms with van der Waals surface area (Å²) in [6, 6.07) is 9.32. The highest BCUT2D eigenvalue weighted by molar-refractivity contribution is 5.94. The van der Waals surface area contributed by atoms with Gasteiger partial charge in [0.25, 0.3) is 11.5 Å². The number of nitrogens with two attached hydrogens (primary N) is 1. The summed E-state index contributed by atoms with van der Waals surface area (Å²) >= 11 is 0. The number of benzene rings is 2. The molecule has 0 bridgehead atoms. The third kappa shape index (κ3) is 5.68. The molecule has 8 nitrogen and oxygen atoms in total. The van der Waals surface area contributed by atoms with Gasteiger partial charge in [0.05, 0.1) is 17.3 Å². The Morgan fingerprint density at radius 3 is 2.55 bits per heavy atom. The van der Waals surface area contributed by atoms with Crippen LogP contribution in [0.15, 0.2) is 59.5 Å². The summed E-state index contributed by atoms with van der Waals surface area (Å²) in [7, 11) is 0. The summed E-state index contributed by atoms with van der Waals surface area (Å²) in [5, 5.41) is 5.62. The third-order valence-electron chi connectivity index (χ3n) is 6.99. The molecule has 4 N–H and O–H groups in total. The Hall–Kier alpha value is -4.67. The van der Waals surface area contributed by atoms with Crippen LogP contribution in [0.5, 0.6) is 0 Å². The van der Waals surface area contributed by atoms with E-state index in [9.17, 15) is 27.6 Å². The molecule has 0 saturated carbocycles. The van der Waals surface area contributed by atoms with Crippen molar-refractivity contribution < 1.29 is 22.8 Å². The normalized spacial score (nSPS) is 13.5. The number of pyridine rings is 1. The van der Waals surface area contributed by atoms with Crippen molar-refractivity contribution >= 4 is 11.8 Å². The lowest BCUT2D eigenvalue weighted by Crippen LogP contribution is -2.34. The Bertz CT molecular complexity index is 1640. The van der Waals surface area contributed by atoms with Crippen LogP contribution in [0.2, 0.25) is 0 Å². The molecule has 206 valence electrons. The van der Waals surface area contributed by atoms with Gasteiger partial charge in [0.1, 0.15) is 24.0 Å². The zero-order valence-corrected chi connectivity index (χ0v) is 21.3. The molecular formula is C29H26F3N5O3. The van der Waals surface area contributed by atoms with Crippen LogP contribution in [-0.4, -0.2) is 26.6 Å². The summed E-state index contributed by atoms with van der Waals surface area (Å²) in [6.07, 6.45) is 4.58. The van der Waals surface area contributed by atoms with Crippen molar-refractivity contribution in [2.75, 3.05) is 0 Å². The van der Waals surface area contributed by atoms with Gasteiger partial charge in [-0.1, -0.05) is 12.1 Å². The fraction of sp³-hybridized carbons (Fsp3) is 0.241. The summed E-state index contributed by atoms with van der Waals surface area (Å²) < 4.78 is 43.8. The number of halogens is 3. The number of aromatic amines is 1. The fourth-order valence-electron chi connectivity index (χ4n) is 5.21. The van der Waals surface area contributed by atoms with Gasteiger partial charge in [-0.3, -0.25) is 29.1 Å². The average Bonchev–Trinajstić information content (AvgIpc) is 3.23. The van der Waals surface area contributed by atoms with Crippen LogP contribution in [0.3, 0.4) is 0 Å². The molecule has 0 unspecified atom stereocenters. The minimum absolute atomic E-state index is 0.0331. The molecule has 40 heavy (non-hydrogen) atoms. The van der Waals surface area contributed by atoms with Crippen LogP contribution in [0.1, 0.15) is 51.8 Å². The molecule has 2 aromatic carbocycles. The quantitative estimate of drug-likeness (QED) is 0.310. The Morgan fingerprint density at radius 1 is 1.05 bits per heavy atom. The molecule has 0 aliphatic heterocycles. The second-order valence-corrected chi connectivity index (χ2v) is 9.76. The zero-order valence-electron chi connectivity index (χ0n) is 21.3. The zero-order chi connectivity index (χ0) is 28.4. The van der Waals surface area contributed by atoms with E-state index in [1.807, 2.05) is 0 Å². The van der Waals surface area contributed by atoms with Gasteiger partial charge in [-0.2, -0.15) is 0 Å². The predicted octanol–water partition coefficient (Wildman–Crippen LogP) is 3.73. The number of hydrogen-bond acceptors (Lipinski definition) is 4. The molecule has 1 aliphatic carbocycles. The number of carbonyl (C=O) groups excluding carboxylic acids is 2. The molecule has 1 atom stereocenters. The summed E-state index contributed by atoms with van der Waals surface area (Å²) in [6.45, 7) is -0.177. The first-order valence-electron chi connectivity index (χ1n) is 12.8. The SMILES string of the molecule is NC(=O)c1cc(-c2cccnc2[C@H](Cc2cc(F)cc(F)c2)NC(=O)Cn2[nH]c(=O)c3c2CCCC3)ccc1F. The molecule has 11 heteroatoms. The van der Waals surface area contributed by atoms with Gasteiger partial charge in [0.2, 0.25) is 5.91 Å². The molecule has 2 aromatic heterocycles. The lowest BCUT2D eigenvalue weighted by atomic mass is 9.94. The largest absolute Gasteiger partial charge is 0.366 e. The Balaban J connectivity index is 1.52. The van der Waals surface area contributed by atoms with Crippen molar-refractivity contribution in [2.45, 2.75) is 44.7 Å². The predicted molar refractivity (Wildman–Crippen MR) is 141 cm³/mol. The maximum atomic E-state index is 14.2. The molecule has 4 aromatic rings. The molecule has 5 rings (SSSR count). The summed E-state index contributed by atoms with van der Waals surface area (Å²) in [5.74, 6) is -3.75. The van der Waals surface area contributed by atoms with E-state index < -0.39 is 35.3 Å². The Labute approximate surface area is 227 Å². The van der Waals surface area contributed by atoms with Crippen LogP contribution in [0.4, 0.5) is 13.2 Å². The minimum atomic E-state index is -0.950. The smallest absolute Gasteiger partial charge is 0.267 e. The lowest BCUT2D eigenvalue weighted by molar-refractivity contribution is -0.122. The van der Waals surface area contributed by atoms with E-state index in [0.29, 0.717) is 35.2 Å². The number of hydrogen-bond donors (Lipinski definition) is 3. The first kappa shape index (κ1) is 26.9. The van der Waals surface area contributed by atoms with Crippen LogP contribution < -0.4 is 16.6 Å². The van der Waals surface area contributed by atoms with Gasteiger partial charge in [-0.15, -0.1) is 0 Å². The molecule has 0 radical (unpaired) electrons. The van der Waals surface area contributed by atoms with E-state index in [1.54, 1.807) is 12.1 Å². The maximum absolute atomic E-state index is 14.2. The van der Waals surface area contributed by atoms with Gasteiger partial charge in [0, 0.05) is 29.1 Å². The number of carbonyl (C=O) groups is 2. The fourth-order valence-corrected chi connectivity index (χ4v) is 5.21. The van der Waals surface area contributed by atoms with Crippen molar-refractivity contribution in [1.29, 1.82) is 0 Å². The highest BCUT2D eigenvalue weighted by Crippen LogP contribution is 2.30. The molecule has 2 heterocycles. The lowest BCUT2D eigenvalue weighted by Gasteiger charge is -2.22. The minimum Gasteiger partial charge on any atom is -0.366 e.